The minimum absolute atomic E-state index is 0.00711. The summed E-state index contributed by atoms with van der Waals surface area (Å²) in [6, 6.07) is 3.79. The first-order valence-corrected chi connectivity index (χ1v) is 6.91. The summed E-state index contributed by atoms with van der Waals surface area (Å²) in [7, 11) is 1.31. The van der Waals surface area contributed by atoms with Crippen molar-refractivity contribution in [1.29, 1.82) is 0 Å². The number of carboxylic acids is 1. The van der Waals surface area contributed by atoms with Crippen molar-refractivity contribution >= 4 is 11.9 Å². The fourth-order valence-corrected chi connectivity index (χ4v) is 2.18. The summed E-state index contributed by atoms with van der Waals surface area (Å²) in [5.74, 6) is -2.16. The maximum absolute atomic E-state index is 13.8. The third kappa shape index (κ3) is 3.50. The summed E-state index contributed by atoms with van der Waals surface area (Å²) in [6.45, 7) is 1.81. The van der Waals surface area contributed by atoms with E-state index < -0.39 is 23.7 Å². The number of nitrogens with one attached hydrogen (secondary N) is 1. The summed E-state index contributed by atoms with van der Waals surface area (Å²) in [4.78, 5) is 23.7. The van der Waals surface area contributed by atoms with Crippen LogP contribution in [-0.4, -0.2) is 24.1 Å². The normalized spacial score (nSPS) is 11.8. The Morgan fingerprint density at radius 2 is 2.13 bits per heavy atom. The number of ether oxygens (including phenoxy) is 1. The van der Waals surface area contributed by atoms with Gasteiger partial charge in [0.2, 0.25) is 0 Å². The lowest BCUT2D eigenvalue weighted by Crippen LogP contribution is -2.34. The van der Waals surface area contributed by atoms with Gasteiger partial charge in [-0.25, -0.2) is 9.18 Å². The van der Waals surface area contributed by atoms with Crippen LogP contribution in [-0.2, 0) is 11.2 Å². The number of carbonyl (C=O) groups excluding carboxylic acids is 1. The number of aryl methyl sites for hydroxylation is 1. The van der Waals surface area contributed by atoms with Crippen molar-refractivity contribution < 1.29 is 28.2 Å². The molecule has 0 bridgehead atoms. The van der Waals surface area contributed by atoms with E-state index >= 15 is 0 Å². The molecule has 1 amide bonds. The number of aliphatic carboxylic acids is 1. The molecule has 1 atom stereocenters. The van der Waals surface area contributed by atoms with Crippen LogP contribution >= 0.6 is 0 Å². The van der Waals surface area contributed by atoms with Gasteiger partial charge in [-0.3, -0.25) is 4.79 Å². The number of furan rings is 1. The number of hydrogen-bond acceptors (Lipinski definition) is 4. The molecule has 23 heavy (non-hydrogen) atoms. The van der Waals surface area contributed by atoms with Gasteiger partial charge in [0.15, 0.2) is 17.6 Å². The van der Waals surface area contributed by atoms with E-state index in [1.54, 1.807) is 0 Å². The third-order valence-corrected chi connectivity index (χ3v) is 3.34. The third-order valence-electron chi connectivity index (χ3n) is 3.34. The summed E-state index contributed by atoms with van der Waals surface area (Å²) < 4.78 is 23.7. The molecule has 0 radical (unpaired) electrons. The number of hydrogen-bond donors (Lipinski definition) is 2. The van der Waals surface area contributed by atoms with Gasteiger partial charge >= 0.3 is 5.97 Å². The molecule has 0 aliphatic carbocycles. The van der Waals surface area contributed by atoms with Crippen molar-refractivity contribution in [1.82, 2.24) is 5.32 Å². The van der Waals surface area contributed by atoms with E-state index in [9.17, 15) is 19.1 Å². The standard InChI is InChI=1S/C16H16FNO5/c1-3-12-10(6-7-23-12)15(19)18-14(16(20)21)9-4-5-13(22-2)11(17)8-9/h4-8,14H,3H2,1-2H3,(H,18,19)(H,20,21). The van der Waals surface area contributed by atoms with Crippen LogP contribution in [0.1, 0.15) is 34.6 Å². The minimum Gasteiger partial charge on any atom is -0.494 e. The zero-order valence-electron chi connectivity index (χ0n) is 12.6. The number of amides is 1. The van der Waals surface area contributed by atoms with E-state index in [2.05, 4.69) is 5.32 Å². The predicted molar refractivity (Wildman–Crippen MR) is 78.9 cm³/mol. The first-order valence-electron chi connectivity index (χ1n) is 6.91. The topological polar surface area (TPSA) is 88.8 Å². The van der Waals surface area contributed by atoms with Crippen LogP contribution < -0.4 is 10.1 Å². The Bertz CT molecular complexity index is 725. The van der Waals surface area contributed by atoms with E-state index in [-0.39, 0.29) is 16.9 Å². The Kier molecular flexibility index (Phi) is 5.00. The molecule has 0 fully saturated rings. The van der Waals surface area contributed by atoms with Crippen LogP contribution in [0.25, 0.3) is 0 Å². The molecule has 2 aromatic rings. The summed E-state index contributed by atoms with van der Waals surface area (Å²) in [6.07, 6.45) is 1.85. The quantitative estimate of drug-likeness (QED) is 0.853. The lowest BCUT2D eigenvalue weighted by atomic mass is 10.1. The molecule has 7 heteroatoms. The molecule has 0 aliphatic rings. The van der Waals surface area contributed by atoms with Gasteiger partial charge in [0.25, 0.3) is 5.91 Å². The first kappa shape index (κ1) is 16.5. The molecule has 2 rings (SSSR count). The Labute approximate surface area is 131 Å². The van der Waals surface area contributed by atoms with Gasteiger partial charge in [-0.2, -0.15) is 0 Å². The SMILES string of the molecule is CCc1occc1C(=O)NC(C(=O)O)c1ccc(OC)c(F)c1. The molecule has 0 saturated heterocycles. The number of rotatable bonds is 6. The van der Waals surface area contributed by atoms with E-state index in [4.69, 9.17) is 9.15 Å². The summed E-state index contributed by atoms with van der Waals surface area (Å²) in [5.41, 5.74) is 0.360. The van der Waals surface area contributed by atoms with E-state index in [0.29, 0.717) is 12.2 Å². The van der Waals surface area contributed by atoms with Gasteiger partial charge in [-0.1, -0.05) is 13.0 Å². The van der Waals surface area contributed by atoms with E-state index in [1.807, 2.05) is 6.92 Å². The molecule has 1 aromatic carbocycles. The largest absolute Gasteiger partial charge is 0.494 e. The maximum atomic E-state index is 13.8. The van der Waals surface area contributed by atoms with Crippen molar-refractivity contribution in [2.45, 2.75) is 19.4 Å². The second-order valence-electron chi connectivity index (χ2n) is 4.75. The fourth-order valence-electron chi connectivity index (χ4n) is 2.18. The Balaban J connectivity index is 2.27. The molecule has 0 spiro atoms. The second-order valence-corrected chi connectivity index (χ2v) is 4.75. The van der Waals surface area contributed by atoms with Crippen LogP contribution in [0, 0.1) is 5.82 Å². The molecule has 1 heterocycles. The monoisotopic (exact) mass is 321 g/mol. The average Bonchev–Trinajstić information content (AvgIpc) is 3.00. The Morgan fingerprint density at radius 1 is 1.39 bits per heavy atom. The molecule has 1 aromatic heterocycles. The molecular weight excluding hydrogens is 305 g/mol. The average molecular weight is 321 g/mol. The molecule has 1 unspecified atom stereocenters. The highest BCUT2D eigenvalue weighted by molar-refractivity contribution is 5.97. The molecular formula is C16H16FNO5. The lowest BCUT2D eigenvalue weighted by molar-refractivity contribution is -0.139. The van der Waals surface area contributed by atoms with Crippen molar-refractivity contribution in [2.75, 3.05) is 7.11 Å². The van der Waals surface area contributed by atoms with Crippen LogP contribution in [0.2, 0.25) is 0 Å². The second kappa shape index (κ2) is 6.95. The summed E-state index contributed by atoms with van der Waals surface area (Å²) >= 11 is 0. The molecule has 122 valence electrons. The van der Waals surface area contributed by atoms with Gasteiger partial charge in [0.05, 0.1) is 18.9 Å². The van der Waals surface area contributed by atoms with Crippen LogP contribution in [0.15, 0.2) is 34.9 Å². The molecule has 0 aliphatic heterocycles. The van der Waals surface area contributed by atoms with Crippen LogP contribution in [0.5, 0.6) is 5.75 Å². The van der Waals surface area contributed by atoms with Gasteiger partial charge < -0.3 is 19.6 Å². The van der Waals surface area contributed by atoms with Crippen molar-refractivity contribution in [2.24, 2.45) is 0 Å². The first-order chi connectivity index (χ1) is 11.0. The summed E-state index contributed by atoms with van der Waals surface area (Å²) in [5, 5.41) is 11.7. The van der Waals surface area contributed by atoms with E-state index in [0.717, 1.165) is 6.07 Å². The van der Waals surface area contributed by atoms with Gasteiger partial charge in [0, 0.05) is 6.42 Å². The highest BCUT2D eigenvalue weighted by Gasteiger charge is 2.25. The molecule has 0 saturated carbocycles. The predicted octanol–water partition coefficient (Wildman–Crippen LogP) is 2.55. The Hall–Kier alpha value is -2.83. The van der Waals surface area contributed by atoms with Crippen molar-refractivity contribution in [3.63, 3.8) is 0 Å². The van der Waals surface area contributed by atoms with Crippen LogP contribution in [0.4, 0.5) is 4.39 Å². The highest BCUT2D eigenvalue weighted by atomic mass is 19.1. The van der Waals surface area contributed by atoms with Gasteiger partial charge in [-0.15, -0.1) is 0 Å². The van der Waals surface area contributed by atoms with Crippen molar-refractivity contribution in [3.8, 4) is 5.75 Å². The highest BCUT2D eigenvalue weighted by Crippen LogP contribution is 2.23. The number of halogens is 1. The zero-order chi connectivity index (χ0) is 17.0. The smallest absolute Gasteiger partial charge is 0.330 e. The fraction of sp³-hybridized carbons (Fsp3) is 0.250. The number of carbonyl (C=O) groups is 2. The molecule has 2 N–H and O–H groups in total. The number of carboxylic acid groups (broad SMARTS) is 1. The minimum atomic E-state index is -1.39. The number of benzene rings is 1. The molecule has 6 nitrogen and oxygen atoms in total. The van der Waals surface area contributed by atoms with Gasteiger partial charge in [0.1, 0.15) is 5.76 Å². The van der Waals surface area contributed by atoms with Gasteiger partial charge in [-0.05, 0) is 23.8 Å². The Morgan fingerprint density at radius 3 is 2.70 bits per heavy atom. The van der Waals surface area contributed by atoms with Crippen LogP contribution in [0.3, 0.4) is 0 Å². The van der Waals surface area contributed by atoms with Crippen molar-refractivity contribution in [3.05, 3.63) is 53.2 Å². The number of methoxy groups -OCH3 is 1. The lowest BCUT2D eigenvalue weighted by Gasteiger charge is -2.15. The zero-order valence-corrected chi connectivity index (χ0v) is 12.6. The maximum Gasteiger partial charge on any atom is 0.330 e. The van der Waals surface area contributed by atoms with E-state index in [1.165, 1.54) is 31.6 Å².